The van der Waals surface area contributed by atoms with E-state index in [4.69, 9.17) is 11.0 Å². The molecule has 0 radical (unpaired) electrons. The number of nitriles is 1. The van der Waals surface area contributed by atoms with E-state index < -0.39 is 5.82 Å². The van der Waals surface area contributed by atoms with Gasteiger partial charge in [0, 0.05) is 12.0 Å². The second-order valence-electron chi connectivity index (χ2n) is 5.46. The van der Waals surface area contributed by atoms with Gasteiger partial charge in [-0.3, -0.25) is 4.57 Å². The highest BCUT2D eigenvalue weighted by Crippen LogP contribution is 2.27. The summed E-state index contributed by atoms with van der Waals surface area (Å²) in [5.74, 6) is 3.14. The molecule has 1 heterocycles. The van der Waals surface area contributed by atoms with Crippen LogP contribution in [-0.2, 0) is 6.42 Å². The molecule has 1 aromatic heterocycles. The molecule has 2 N–H and O–H groups in total. The minimum absolute atomic E-state index is 0. The lowest BCUT2D eigenvalue weighted by Gasteiger charge is -2.12. The third-order valence-electron chi connectivity index (χ3n) is 3.62. The summed E-state index contributed by atoms with van der Waals surface area (Å²) in [5, 5.41) is 8.75. The zero-order chi connectivity index (χ0) is 15.5. The van der Waals surface area contributed by atoms with Crippen LogP contribution in [-0.4, -0.2) is 9.55 Å². The second-order valence-corrected chi connectivity index (χ2v) is 5.46. The number of imidazole rings is 1. The molecule has 1 fully saturated rings. The molecule has 0 aliphatic heterocycles. The Hall–Kier alpha value is -2.05. The Morgan fingerprint density at radius 3 is 2.75 bits per heavy atom. The van der Waals surface area contributed by atoms with Crippen molar-refractivity contribution in [3.05, 3.63) is 53.4 Å². The Bertz CT molecular complexity index is 797. The molecule has 1 aliphatic carbocycles. The normalized spacial score (nSPS) is 13.5. The fourth-order valence-corrected chi connectivity index (χ4v) is 2.20. The van der Waals surface area contributed by atoms with Crippen LogP contribution >= 0.6 is 24.8 Å². The lowest BCUT2D eigenvalue weighted by atomic mass is 10.0. The van der Waals surface area contributed by atoms with Gasteiger partial charge in [0.05, 0.1) is 23.5 Å². The van der Waals surface area contributed by atoms with Crippen LogP contribution in [0, 0.1) is 35.0 Å². The van der Waals surface area contributed by atoms with Crippen molar-refractivity contribution in [3.63, 3.8) is 0 Å². The van der Waals surface area contributed by atoms with Gasteiger partial charge in [-0.1, -0.05) is 12.0 Å². The minimum atomic E-state index is -0.519. The van der Waals surface area contributed by atoms with Gasteiger partial charge in [-0.25, -0.2) is 9.37 Å². The van der Waals surface area contributed by atoms with Gasteiger partial charge in [0.1, 0.15) is 18.2 Å². The van der Waals surface area contributed by atoms with Crippen molar-refractivity contribution in [2.24, 2.45) is 11.7 Å². The Morgan fingerprint density at radius 2 is 2.12 bits per heavy atom. The number of nitrogens with zero attached hydrogens (tertiary/aromatic N) is 3. The summed E-state index contributed by atoms with van der Waals surface area (Å²) in [6, 6.07) is 9.09. The monoisotopic (exact) mass is 366 g/mol. The number of benzene rings is 1. The molecule has 1 aliphatic rings. The number of nitrogens with two attached hydrogens (primary N) is 1. The molecule has 0 amide bonds. The highest BCUT2D eigenvalue weighted by molar-refractivity contribution is 5.85. The summed E-state index contributed by atoms with van der Waals surface area (Å²) < 4.78 is 15.4. The summed E-state index contributed by atoms with van der Waals surface area (Å²) >= 11 is 0. The van der Waals surface area contributed by atoms with Gasteiger partial charge in [-0.15, -0.1) is 24.8 Å². The smallest absolute Gasteiger partial charge is 0.141 e. The van der Waals surface area contributed by atoms with Crippen LogP contribution in [0.3, 0.4) is 0 Å². The van der Waals surface area contributed by atoms with Crippen LogP contribution in [0.15, 0.2) is 30.7 Å². The predicted molar refractivity (Wildman–Crippen MR) is 94.4 cm³/mol. The molecule has 4 nitrogen and oxygen atoms in total. The standard InChI is InChI=1S/C17H15FN4.2ClH/c18-15-7-13(3-4-14(15)9-19)8-16(20)17-10-21-11-22(17)6-5-12-1-2-12;;/h3-4,7,10-12,16H,1-2,8,20H2;2*1H. The van der Waals surface area contributed by atoms with E-state index in [9.17, 15) is 4.39 Å². The van der Waals surface area contributed by atoms with Crippen LogP contribution in [0.1, 0.15) is 35.7 Å². The zero-order valence-corrected chi connectivity index (χ0v) is 14.4. The van der Waals surface area contributed by atoms with Crippen molar-refractivity contribution < 1.29 is 4.39 Å². The number of rotatable bonds is 3. The van der Waals surface area contributed by atoms with E-state index in [-0.39, 0.29) is 36.4 Å². The average Bonchev–Trinajstić information content (AvgIpc) is 3.21. The van der Waals surface area contributed by atoms with Gasteiger partial charge in [0.15, 0.2) is 0 Å². The number of hydrogen-bond donors (Lipinski definition) is 1. The largest absolute Gasteiger partial charge is 0.322 e. The van der Waals surface area contributed by atoms with E-state index in [1.165, 1.54) is 12.1 Å². The highest BCUT2D eigenvalue weighted by Gasteiger charge is 2.18. The third kappa shape index (κ3) is 4.72. The zero-order valence-electron chi connectivity index (χ0n) is 12.8. The molecule has 126 valence electrons. The van der Waals surface area contributed by atoms with Gasteiger partial charge in [0.25, 0.3) is 0 Å². The van der Waals surface area contributed by atoms with Gasteiger partial charge in [-0.05, 0) is 37.0 Å². The summed E-state index contributed by atoms with van der Waals surface area (Å²) in [7, 11) is 0. The summed E-state index contributed by atoms with van der Waals surface area (Å²) in [5.41, 5.74) is 7.78. The minimum Gasteiger partial charge on any atom is -0.322 e. The van der Waals surface area contributed by atoms with Crippen molar-refractivity contribution >= 4 is 24.8 Å². The molecule has 24 heavy (non-hydrogen) atoms. The maximum absolute atomic E-state index is 13.6. The molecule has 1 aromatic carbocycles. The second kappa shape index (κ2) is 8.70. The van der Waals surface area contributed by atoms with Crippen LogP contribution in [0.4, 0.5) is 4.39 Å². The SMILES string of the molecule is Cl.Cl.N#Cc1ccc(CC(N)c2cncn2C#CC2CC2)cc1F. The first-order chi connectivity index (χ1) is 10.7. The molecule has 1 saturated carbocycles. The quantitative estimate of drug-likeness (QED) is 0.848. The fraction of sp³-hybridized carbons (Fsp3) is 0.294. The van der Waals surface area contributed by atoms with Crippen LogP contribution < -0.4 is 5.73 Å². The maximum atomic E-state index is 13.6. The fourth-order valence-electron chi connectivity index (χ4n) is 2.20. The Labute approximate surface area is 152 Å². The van der Waals surface area contributed by atoms with Gasteiger partial charge in [-0.2, -0.15) is 5.26 Å². The van der Waals surface area contributed by atoms with Crippen molar-refractivity contribution in [2.45, 2.75) is 25.3 Å². The molecular weight excluding hydrogens is 350 g/mol. The average molecular weight is 367 g/mol. The predicted octanol–water partition coefficient (Wildman–Crippen LogP) is 3.20. The first-order valence-electron chi connectivity index (χ1n) is 7.15. The van der Waals surface area contributed by atoms with E-state index in [1.54, 1.807) is 23.2 Å². The molecule has 1 atom stereocenters. The molecule has 3 rings (SSSR count). The van der Waals surface area contributed by atoms with Gasteiger partial charge < -0.3 is 5.73 Å². The molecular formula is C17H17Cl2FN4. The van der Waals surface area contributed by atoms with E-state index in [1.807, 2.05) is 6.07 Å². The van der Waals surface area contributed by atoms with E-state index >= 15 is 0 Å². The van der Waals surface area contributed by atoms with Crippen molar-refractivity contribution in [3.8, 4) is 18.0 Å². The molecule has 0 spiro atoms. The summed E-state index contributed by atoms with van der Waals surface area (Å²) in [6.45, 7) is 0. The van der Waals surface area contributed by atoms with Crippen LogP contribution in [0.5, 0.6) is 0 Å². The molecule has 7 heteroatoms. The molecule has 0 saturated heterocycles. The van der Waals surface area contributed by atoms with Crippen molar-refractivity contribution in [1.82, 2.24) is 9.55 Å². The Balaban J connectivity index is 0.00000144. The molecule has 1 unspecified atom stereocenters. The summed E-state index contributed by atoms with van der Waals surface area (Å²) in [4.78, 5) is 4.09. The topological polar surface area (TPSA) is 67.6 Å². The number of hydrogen-bond acceptors (Lipinski definition) is 3. The maximum Gasteiger partial charge on any atom is 0.141 e. The molecule has 2 aromatic rings. The van der Waals surface area contributed by atoms with Crippen molar-refractivity contribution in [2.75, 3.05) is 0 Å². The Morgan fingerprint density at radius 1 is 1.38 bits per heavy atom. The van der Waals surface area contributed by atoms with E-state index in [0.29, 0.717) is 12.3 Å². The van der Waals surface area contributed by atoms with Crippen LogP contribution in [0.25, 0.3) is 0 Å². The molecule has 0 bridgehead atoms. The van der Waals surface area contributed by atoms with Crippen molar-refractivity contribution in [1.29, 1.82) is 5.26 Å². The van der Waals surface area contributed by atoms with Gasteiger partial charge >= 0.3 is 0 Å². The lowest BCUT2D eigenvalue weighted by Crippen LogP contribution is -2.16. The third-order valence-corrected chi connectivity index (χ3v) is 3.62. The summed E-state index contributed by atoms with van der Waals surface area (Å²) in [6.07, 6.45) is 6.11. The van der Waals surface area contributed by atoms with Gasteiger partial charge in [0.2, 0.25) is 0 Å². The lowest BCUT2D eigenvalue weighted by molar-refractivity contribution is 0.616. The van der Waals surface area contributed by atoms with E-state index in [2.05, 4.69) is 16.9 Å². The van der Waals surface area contributed by atoms with Crippen LogP contribution in [0.2, 0.25) is 0 Å². The Kier molecular flexibility index (Phi) is 7.25. The number of aromatic nitrogens is 2. The number of halogens is 3. The first kappa shape index (κ1) is 20.0. The van der Waals surface area contributed by atoms with E-state index in [0.717, 1.165) is 24.1 Å². The highest BCUT2D eigenvalue weighted by atomic mass is 35.5. The first-order valence-corrected chi connectivity index (χ1v) is 7.15.